The molecule has 5 aliphatic rings. The number of para-hydroxylation sites is 1. The molecule has 6 atom stereocenters. The van der Waals surface area contributed by atoms with Gasteiger partial charge in [-0.2, -0.15) is 10.1 Å². The molecule has 5 heteroatoms. The van der Waals surface area contributed by atoms with Crippen molar-refractivity contribution in [3.8, 4) is 12.3 Å². The van der Waals surface area contributed by atoms with Gasteiger partial charge >= 0.3 is 0 Å². The van der Waals surface area contributed by atoms with Gasteiger partial charge in [-0.05, 0) is 43.1 Å². The third kappa shape index (κ3) is 2.09. The lowest BCUT2D eigenvalue weighted by molar-refractivity contribution is -0.140. The molecule has 0 spiro atoms. The minimum absolute atomic E-state index is 0.133. The Morgan fingerprint density at radius 1 is 1.14 bits per heavy atom. The van der Waals surface area contributed by atoms with Crippen molar-refractivity contribution in [2.75, 3.05) is 0 Å². The van der Waals surface area contributed by atoms with Gasteiger partial charge in [-0.25, -0.2) is 0 Å². The number of carbonyl (C=O) groups is 2. The fourth-order valence-corrected chi connectivity index (χ4v) is 6.09. The Balaban J connectivity index is 1.38. The largest absolute Gasteiger partial charge is 0.333 e. The molecule has 7 rings (SSSR count). The van der Waals surface area contributed by atoms with Gasteiger partial charge in [-0.1, -0.05) is 36.3 Å². The lowest BCUT2D eigenvalue weighted by Crippen LogP contribution is -2.40. The summed E-state index contributed by atoms with van der Waals surface area (Å²) < 4.78 is 2.06. The van der Waals surface area contributed by atoms with E-state index in [0.29, 0.717) is 18.4 Å². The molecule has 2 saturated carbocycles. The number of benzene rings is 1. The smallest absolute Gasteiger partial charge is 0.254 e. The Morgan fingerprint density at radius 3 is 2.45 bits per heavy atom. The first-order chi connectivity index (χ1) is 14.1. The van der Waals surface area contributed by atoms with Crippen LogP contribution in [0.15, 0.2) is 41.5 Å². The topological polar surface area (TPSA) is 54.7 Å². The number of fused-ring (bicyclic) bond motifs is 1. The van der Waals surface area contributed by atoms with E-state index in [1.807, 2.05) is 31.2 Å². The second-order valence-electron chi connectivity index (χ2n) is 8.69. The average Bonchev–Trinajstić information content (AvgIpc) is 3.47. The first kappa shape index (κ1) is 16.8. The number of hydrogen-bond acceptors (Lipinski definition) is 3. The zero-order valence-corrected chi connectivity index (χ0v) is 16.2. The van der Waals surface area contributed by atoms with Crippen LogP contribution in [-0.4, -0.2) is 27.6 Å². The van der Waals surface area contributed by atoms with Gasteiger partial charge in [0.2, 0.25) is 0 Å². The number of hydrogen-bond donors (Lipinski definition) is 0. The second-order valence-corrected chi connectivity index (χ2v) is 8.69. The normalized spacial score (nSPS) is 34.1. The molecule has 144 valence electrons. The molecule has 29 heavy (non-hydrogen) atoms. The number of hydrazone groups is 1. The molecule has 0 N–H and O–H groups in total. The fourth-order valence-electron chi connectivity index (χ4n) is 6.09. The fraction of sp³-hybridized carbons (Fsp3) is 0.375. The molecule has 1 aromatic carbocycles. The number of imide groups is 1. The van der Waals surface area contributed by atoms with Crippen LogP contribution in [0.25, 0.3) is 10.9 Å². The predicted molar refractivity (Wildman–Crippen MR) is 110 cm³/mol. The van der Waals surface area contributed by atoms with Gasteiger partial charge in [-0.3, -0.25) is 9.59 Å². The summed E-state index contributed by atoms with van der Waals surface area (Å²) in [5.74, 6) is 3.60. The van der Waals surface area contributed by atoms with E-state index < -0.39 is 0 Å². The lowest BCUT2D eigenvalue weighted by atomic mass is 9.63. The second kappa shape index (κ2) is 5.70. The summed E-state index contributed by atoms with van der Waals surface area (Å²) in [5, 5.41) is 6.57. The summed E-state index contributed by atoms with van der Waals surface area (Å²) in [6.07, 6.45) is 12.7. The lowest BCUT2D eigenvalue weighted by Gasteiger charge is -2.37. The van der Waals surface area contributed by atoms with E-state index in [4.69, 9.17) is 6.42 Å². The number of rotatable bonds is 3. The zero-order chi connectivity index (χ0) is 19.9. The van der Waals surface area contributed by atoms with Crippen LogP contribution in [0.2, 0.25) is 0 Å². The number of terminal acetylenes is 1. The number of amides is 2. The van der Waals surface area contributed by atoms with Crippen LogP contribution in [-0.2, 0) is 16.1 Å². The van der Waals surface area contributed by atoms with Crippen molar-refractivity contribution in [1.29, 1.82) is 0 Å². The predicted octanol–water partition coefficient (Wildman–Crippen LogP) is 2.97. The first-order valence-electron chi connectivity index (χ1n) is 10.2. The molecule has 2 heterocycles. The molecule has 1 aromatic heterocycles. The van der Waals surface area contributed by atoms with Crippen molar-refractivity contribution in [2.24, 2.45) is 40.6 Å². The van der Waals surface area contributed by atoms with Gasteiger partial charge in [0.15, 0.2) is 0 Å². The molecule has 3 fully saturated rings. The SMILES string of the molecule is C#CCn1c(C)c(/C=N\N2C(=O)[C@@H]3[C@H]4C=C[C@@H]([C@@H]5C[C@@H]45)[C@H]3C2=O)c2ccccc21. The molecule has 1 saturated heterocycles. The molecule has 0 radical (unpaired) electrons. The maximum atomic E-state index is 13.1. The summed E-state index contributed by atoms with van der Waals surface area (Å²) in [5.41, 5.74) is 2.90. The standard InChI is InChI=1S/C24H21N3O2/c1-3-10-26-13(2)19(14-6-4-5-7-20(14)26)12-25-27-23(28)21-15-8-9-16(18-11-17(15)18)22(21)24(27)29/h1,4-9,12,15-18,21-22H,10-11H2,2H3/b25-12-/t15-,16-,17-,18-,21+,22+/m0/s1. The molecule has 1 aliphatic heterocycles. The van der Waals surface area contributed by atoms with E-state index in [1.54, 1.807) is 6.21 Å². The van der Waals surface area contributed by atoms with Gasteiger partial charge in [-0.15, -0.1) is 6.42 Å². The Kier molecular flexibility index (Phi) is 3.30. The van der Waals surface area contributed by atoms with Gasteiger partial charge in [0.25, 0.3) is 11.8 Å². The molecule has 2 amide bonds. The van der Waals surface area contributed by atoms with Gasteiger partial charge in [0.1, 0.15) is 0 Å². The zero-order valence-electron chi connectivity index (χ0n) is 16.2. The van der Waals surface area contributed by atoms with Gasteiger partial charge in [0, 0.05) is 22.2 Å². The molecule has 0 unspecified atom stereocenters. The number of nitrogens with zero attached hydrogens (tertiary/aromatic N) is 3. The summed E-state index contributed by atoms with van der Waals surface area (Å²) in [7, 11) is 0. The highest BCUT2D eigenvalue weighted by Crippen LogP contribution is 2.65. The third-order valence-electron chi connectivity index (χ3n) is 7.47. The Hall–Kier alpha value is -3.13. The highest BCUT2D eigenvalue weighted by Gasteiger charge is 2.67. The Morgan fingerprint density at radius 2 is 1.79 bits per heavy atom. The van der Waals surface area contributed by atoms with Crippen molar-refractivity contribution < 1.29 is 9.59 Å². The third-order valence-corrected chi connectivity index (χ3v) is 7.47. The molecular weight excluding hydrogens is 362 g/mol. The van der Waals surface area contributed by atoms with Crippen LogP contribution in [0, 0.1) is 54.8 Å². The summed E-state index contributed by atoms with van der Waals surface area (Å²) in [4.78, 5) is 26.2. The minimum atomic E-state index is -0.220. The highest BCUT2D eigenvalue weighted by molar-refractivity contribution is 6.08. The van der Waals surface area contributed by atoms with Crippen LogP contribution in [0.5, 0.6) is 0 Å². The van der Waals surface area contributed by atoms with E-state index in [0.717, 1.165) is 33.6 Å². The van der Waals surface area contributed by atoms with Crippen molar-refractivity contribution in [2.45, 2.75) is 19.9 Å². The van der Waals surface area contributed by atoms with E-state index in [1.165, 1.54) is 0 Å². The summed E-state index contributed by atoms with van der Waals surface area (Å²) >= 11 is 0. The maximum Gasteiger partial charge on any atom is 0.254 e. The van der Waals surface area contributed by atoms with Crippen molar-refractivity contribution in [1.82, 2.24) is 9.58 Å². The monoisotopic (exact) mass is 383 g/mol. The molecule has 5 nitrogen and oxygen atoms in total. The number of carbonyl (C=O) groups excluding carboxylic acids is 2. The van der Waals surface area contributed by atoms with Gasteiger partial charge in [0.05, 0.1) is 24.6 Å². The minimum Gasteiger partial charge on any atom is -0.333 e. The molecule has 4 aliphatic carbocycles. The Bertz CT molecular complexity index is 1140. The summed E-state index contributed by atoms with van der Waals surface area (Å²) in [6, 6.07) is 7.98. The Labute approximate surface area is 169 Å². The van der Waals surface area contributed by atoms with Crippen LogP contribution >= 0.6 is 0 Å². The van der Waals surface area contributed by atoms with E-state index in [2.05, 4.69) is 27.7 Å². The van der Waals surface area contributed by atoms with Crippen LogP contribution in [0.1, 0.15) is 17.7 Å². The van der Waals surface area contributed by atoms with Crippen LogP contribution < -0.4 is 0 Å². The van der Waals surface area contributed by atoms with Gasteiger partial charge < -0.3 is 4.57 Å². The van der Waals surface area contributed by atoms with Crippen LogP contribution in [0.3, 0.4) is 0 Å². The average molecular weight is 383 g/mol. The number of allylic oxidation sites excluding steroid dienone is 2. The maximum absolute atomic E-state index is 13.1. The van der Waals surface area contributed by atoms with Crippen molar-refractivity contribution in [3.63, 3.8) is 0 Å². The van der Waals surface area contributed by atoms with E-state index in [-0.39, 0.29) is 35.5 Å². The molecule has 2 aromatic rings. The first-order valence-corrected chi connectivity index (χ1v) is 10.2. The summed E-state index contributed by atoms with van der Waals surface area (Å²) in [6.45, 7) is 2.45. The van der Waals surface area contributed by atoms with Crippen LogP contribution in [0.4, 0.5) is 0 Å². The van der Waals surface area contributed by atoms with Crippen molar-refractivity contribution >= 4 is 28.9 Å². The van der Waals surface area contributed by atoms with Crippen molar-refractivity contribution in [3.05, 3.63) is 47.7 Å². The quantitative estimate of drug-likeness (QED) is 0.354. The molecule has 2 bridgehead atoms. The molecular formula is C24H21N3O2. The van der Waals surface area contributed by atoms with E-state index >= 15 is 0 Å². The van der Waals surface area contributed by atoms with E-state index in [9.17, 15) is 9.59 Å². The highest BCUT2D eigenvalue weighted by atomic mass is 16.2. The number of aromatic nitrogens is 1.